The van der Waals surface area contributed by atoms with E-state index in [4.69, 9.17) is 15.0 Å². The Kier molecular flexibility index (Phi) is 16.7. The molecule has 3 nitrogen and oxygen atoms in total. The molecule has 0 saturated carbocycles. The molecular weight excluding hydrogens is 627 g/mol. The molecule has 2 heterocycles. The van der Waals surface area contributed by atoms with Gasteiger partial charge in [-0.25, -0.2) is 15.0 Å². The van der Waals surface area contributed by atoms with E-state index in [1.54, 1.807) is 23.5 Å². The minimum Gasteiger partial charge on any atom is -0.208 e. The van der Waals surface area contributed by atoms with Gasteiger partial charge in [-0.05, 0) is 91.8 Å². The Morgan fingerprint density at radius 2 is 1.46 bits per heavy atom. The number of fused-ring (bicyclic) bond motifs is 1. The van der Waals surface area contributed by atoms with E-state index in [1.165, 1.54) is 4.88 Å². The molecule has 2 aromatic heterocycles. The lowest BCUT2D eigenvalue weighted by Gasteiger charge is -2.18. The maximum absolute atomic E-state index is 5.04. The van der Waals surface area contributed by atoms with E-state index in [-0.39, 0.29) is 0 Å². The van der Waals surface area contributed by atoms with E-state index in [2.05, 4.69) is 82.3 Å². The van der Waals surface area contributed by atoms with Crippen LogP contribution in [0.15, 0.2) is 140 Å². The summed E-state index contributed by atoms with van der Waals surface area (Å²) in [7, 11) is 0. The third-order valence-corrected chi connectivity index (χ3v) is 8.68. The predicted molar refractivity (Wildman–Crippen MR) is 227 cm³/mol. The second-order valence-electron chi connectivity index (χ2n) is 10.8. The summed E-state index contributed by atoms with van der Waals surface area (Å²) in [5.41, 5.74) is 9.76. The first-order valence-electron chi connectivity index (χ1n) is 17.2. The SMILES string of the molecule is C=C/C=C(\C=C)c1nc(-c2cccc(C(=C(/C(=C)C)C(=C)/C=C\C)/C(C)=C/C)c2)nc(-c2ccc3c(C=C)c(/C=C\C)sc3c2)n1.CC.CC. The van der Waals surface area contributed by atoms with Crippen LogP contribution in [0.3, 0.4) is 0 Å². The zero-order chi connectivity index (χ0) is 37.4. The molecule has 0 atom stereocenters. The van der Waals surface area contributed by atoms with E-state index in [0.717, 1.165) is 65.8 Å². The highest BCUT2D eigenvalue weighted by atomic mass is 32.1. The maximum atomic E-state index is 5.04. The Hall–Kier alpha value is -5.19. The van der Waals surface area contributed by atoms with Gasteiger partial charge in [0.1, 0.15) is 0 Å². The fraction of sp³-hybridized carbons (Fsp3) is 0.196. The van der Waals surface area contributed by atoms with E-state index in [1.807, 2.05) is 97.9 Å². The third kappa shape index (κ3) is 9.49. The van der Waals surface area contributed by atoms with Gasteiger partial charge in [0.15, 0.2) is 17.5 Å². The number of hydrogen-bond acceptors (Lipinski definition) is 4. The molecule has 4 heteroatoms. The van der Waals surface area contributed by atoms with E-state index >= 15 is 0 Å². The normalized spacial score (nSPS) is 12.1. The molecule has 4 aromatic rings. The van der Waals surface area contributed by atoms with Gasteiger partial charge in [-0.3, -0.25) is 0 Å². The lowest BCUT2D eigenvalue weighted by molar-refractivity contribution is 1.04. The number of hydrogen-bond donors (Lipinski definition) is 0. The molecule has 0 aliphatic rings. The summed E-state index contributed by atoms with van der Waals surface area (Å²) in [5.74, 6) is 1.67. The maximum Gasteiger partial charge on any atom is 0.164 e. The van der Waals surface area contributed by atoms with Crippen LogP contribution in [-0.4, -0.2) is 15.0 Å². The standard InChI is InChI=1S/C42H41N3S.2C2H6/c1-11-18-29(10)38(27(7)8)39(28(9)14-4)31-21-17-22-32(25-31)41-43-40(30(15-5)19-12-2)44-42(45-41)33-23-24-35-34(16-6)36(20-13-3)46-37(35)26-33;2*1-2/h11-26H,2,5-7,10H2,1,3-4,8-9H3;2*1-2H3/b18-11-,20-13-,28-14+,30-19+,39-38-;;. The molecule has 0 spiro atoms. The largest absolute Gasteiger partial charge is 0.208 e. The lowest BCUT2D eigenvalue weighted by atomic mass is 9.86. The van der Waals surface area contributed by atoms with Gasteiger partial charge in [-0.2, -0.15) is 0 Å². The number of nitrogens with zero attached hydrogens (tertiary/aromatic N) is 3. The van der Waals surface area contributed by atoms with Gasteiger partial charge >= 0.3 is 0 Å². The zero-order valence-electron chi connectivity index (χ0n) is 31.5. The van der Waals surface area contributed by atoms with Crippen molar-refractivity contribution in [1.82, 2.24) is 15.0 Å². The summed E-state index contributed by atoms with van der Waals surface area (Å²) < 4.78 is 1.14. The second kappa shape index (κ2) is 20.4. The average Bonchev–Trinajstić information content (AvgIpc) is 3.50. The first kappa shape index (κ1) is 41.0. The fourth-order valence-corrected chi connectivity index (χ4v) is 6.56. The van der Waals surface area contributed by atoms with E-state index < -0.39 is 0 Å². The molecular formula is C46H53N3S. The summed E-state index contributed by atoms with van der Waals surface area (Å²) in [4.78, 5) is 16.1. The number of benzene rings is 2. The van der Waals surface area contributed by atoms with Crippen molar-refractivity contribution in [3.05, 3.63) is 162 Å². The Labute approximate surface area is 305 Å². The van der Waals surface area contributed by atoms with Crippen molar-refractivity contribution < 1.29 is 0 Å². The van der Waals surface area contributed by atoms with Crippen molar-refractivity contribution in [1.29, 1.82) is 0 Å². The average molecular weight is 680 g/mol. The summed E-state index contributed by atoms with van der Waals surface area (Å²) in [5, 5.41) is 1.16. The van der Waals surface area contributed by atoms with Crippen molar-refractivity contribution >= 4 is 44.7 Å². The Balaban J connectivity index is 0.00000209. The van der Waals surface area contributed by atoms with Crippen molar-refractivity contribution in [3.63, 3.8) is 0 Å². The highest BCUT2D eigenvalue weighted by Crippen LogP contribution is 2.37. The molecule has 2 aromatic carbocycles. The number of aromatic nitrogens is 3. The molecule has 0 radical (unpaired) electrons. The third-order valence-electron chi connectivity index (χ3n) is 7.55. The quantitative estimate of drug-likeness (QED) is 0.140. The van der Waals surface area contributed by atoms with Crippen LogP contribution in [0.5, 0.6) is 0 Å². The molecule has 50 heavy (non-hydrogen) atoms. The first-order chi connectivity index (χ1) is 24.2. The molecule has 0 saturated heterocycles. The van der Waals surface area contributed by atoms with Crippen LogP contribution < -0.4 is 0 Å². The van der Waals surface area contributed by atoms with Crippen LogP contribution in [0.25, 0.3) is 56.2 Å². The van der Waals surface area contributed by atoms with Crippen LogP contribution in [0, 0.1) is 0 Å². The summed E-state index contributed by atoms with van der Waals surface area (Å²) in [6.07, 6.45) is 17.5. The van der Waals surface area contributed by atoms with Crippen LogP contribution in [0.1, 0.15) is 84.1 Å². The minimum absolute atomic E-state index is 0.525. The van der Waals surface area contributed by atoms with E-state index in [0.29, 0.717) is 17.5 Å². The van der Waals surface area contributed by atoms with Gasteiger partial charge in [0.2, 0.25) is 0 Å². The van der Waals surface area contributed by atoms with Gasteiger partial charge < -0.3 is 0 Å². The summed E-state index contributed by atoms with van der Waals surface area (Å²) >= 11 is 1.73. The predicted octanol–water partition coefficient (Wildman–Crippen LogP) is 14.3. The molecule has 258 valence electrons. The van der Waals surface area contributed by atoms with Gasteiger partial charge in [0.05, 0.1) is 0 Å². The van der Waals surface area contributed by atoms with Crippen LogP contribution in [0.2, 0.25) is 0 Å². The first-order valence-corrected chi connectivity index (χ1v) is 18.0. The Morgan fingerprint density at radius 3 is 2.00 bits per heavy atom. The Bertz CT molecular complexity index is 2020. The van der Waals surface area contributed by atoms with Gasteiger partial charge in [0.25, 0.3) is 0 Å². The number of thiophene rings is 1. The molecule has 0 aliphatic heterocycles. The van der Waals surface area contributed by atoms with E-state index in [9.17, 15) is 0 Å². The smallest absolute Gasteiger partial charge is 0.164 e. The van der Waals surface area contributed by atoms with Gasteiger partial charge in [-0.1, -0.05) is 140 Å². The molecule has 0 unspecified atom stereocenters. The number of rotatable bonds is 12. The van der Waals surface area contributed by atoms with Crippen LogP contribution in [-0.2, 0) is 0 Å². The highest BCUT2D eigenvalue weighted by molar-refractivity contribution is 7.20. The van der Waals surface area contributed by atoms with Crippen LogP contribution >= 0.6 is 11.3 Å². The van der Waals surface area contributed by atoms with Gasteiger partial charge in [-0.15, -0.1) is 11.3 Å². The number of allylic oxidation sites excluding steroid dienone is 13. The van der Waals surface area contributed by atoms with Crippen molar-refractivity contribution in [2.75, 3.05) is 0 Å². The molecule has 0 amide bonds. The molecule has 0 bridgehead atoms. The lowest BCUT2D eigenvalue weighted by Crippen LogP contribution is -2.03. The molecule has 0 aliphatic carbocycles. The topological polar surface area (TPSA) is 38.7 Å². The minimum atomic E-state index is 0.525. The monoisotopic (exact) mass is 679 g/mol. The zero-order valence-corrected chi connectivity index (χ0v) is 32.3. The van der Waals surface area contributed by atoms with Crippen molar-refractivity contribution in [3.8, 4) is 22.8 Å². The summed E-state index contributed by atoms with van der Waals surface area (Å²) in [6, 6.07) is 14.6. The summed E-state index contributed by atoms with van der Waals surface area (Å²) in [6.45, 7) is 38.8. The highest BCUT2D eigenvalue weighted by Gasteiger charge is 2.18. The molecule has 0 N–H and O–H groups in total. The molecule has 0 fully saturated rings. The second-order valence-corrected chi connectivity index (χ2v) is 11.9. The van der Waals surface area contributed by atoms with Crippen molar-refractivity contribution in [2.24, 2.45) is 0 Å². The fourth-order valence-electron chi connectivity index (χ4n) is 5.34. The molecule has 4 rings (SSSR count). The van der Waals surface area contributed by atoms with Gasteiger partial charge in [0, 0.05) is 31.7 Å². The van der Waals surface area contributed by atoms with Crippen molar-refractivity contribution in [2.45, 2.75) is 62.3 Å². The van der Waals surface area contributed by atoms with Crippen LogP contribution in [0.4, 0.5) is 0 Å². The Morgan fingerprint density at radius 1 is 0.800 bits per heavy atom.